The van der Waals surface area contributed by atoms with Gasteiger partial charge < -0.3 is 15.2 Å². The molecule has 1 aliphatic heterocycles. The maximum Gasteiger partial charge on any atom is 0.264 e. The Morgan fingerprint density at radius 1 is 1.31 bits per heavy atom. The molecule has 3 rings (SSSR count). The van der Waals surface area contributed by atoms with Crippen molar-refractivity contribution < 1.29 is 14.6 Å². The number of amides is 1. The number of nitrogens with one attached hydrogen (secondary N) is 1. The van der Waals surface area contributed by atoms with Crippen molar-refractivity contribution in [1.82, 2.24) is 5.32 Å². The van der Waals surface area contributed by atoms with Gasteiger partial charge in [0.05, 0.1) is 20.8 Å². The van der Waals surface area contributed by atoms with Gasteiger partial charge in [-0.3, -0.25) is 4.79 Å². The second-order valence-corrected chi connectivity index (χ2v) is 8.68. The zero-order valence-corrected chi connectivity index (χ0v) is 18.8. The van der Waals surface area contributed by atoms with Crippen molar-refractivity contribution in [3.8, 4) is 11.5 Å². The normalized spacial score (nSPS) is 17.0. The number of thioether (sulfide) groups is 1. The zero-order valence-electron chi connectivity index (χ0n) is 13.6. The summed E-state index contributed by atoms with van der Waals surface area (Å²) >= 11 is 5.55. The summed E-state index contributed by atoms with van der Waals surface area (Å²) in [5, 5.41) is 13.4. The molecule has 0 aromatic heterocycles. The van der Waals surface area contributed by atoms with E-state index < -0.39 is 0 Å². The fourth-order valence-corrected chi connectivity index (χ4v) is 4.23. The highest BCUT2D eigenvalue weighted by molar-refractivity contribution is 14.1. The molecular formula is C18H14I2N2O3S. The third kappa shape index (κ3) is 4.71. The monoisotopic (exact) mass is 592 g/mol. The molecule has 2 aromatic rings. The topological polar surface area (TPSA) is 70.9 Å². The molecule has 0 atom stereocenters. The molecule has 0 radical (unpaired) electrons. The van der Waals surface area contributed by atoms with E-state index in [0.29, 0.717) is 26.0 Å². The molecule has 1 saturated heterocycles. The predicted octanol–water partition coefficient (Wildman–Crippen LogP) is 4.89. The lowest BCUT2D eigenvalue weighted by Crippen LogP contribution is -2.19. The van der Waals surface area contributed by atoms with Crippen LogP contribution < -0.4 is 10.1 Å². The number of hydrogen-bond acceptors (Lipinski definition) is 5. The fraction of sp³-hybridized carbons (Fsp3) is 0.111. The van der Waals surface area contributed by atoms with E-state index in [0.717, 1.165) is 14.8 Å². The van der Waals surface area contributed by atoms with Crippen molar-refractivity contribution in [2.75, 3.05) is 6.61 Å². The number of ether oxygens (including phenoxy) is 1. The molecule has 1 fully saturated rings. The number of phenolic OH excluding ortho intramolecular Hbond substituents is 1. The molecule has 2 N–H and O–H groups in total. The number of carbonyl (C=O) groups is 1. The van der Waals surface area contributed by atoms with Gasteiger partial charge in [0.25, 0.3) is 5.91 Å². The predicted molar refractivity (Wildman–Crippen MR) is 122 cm³/mol. The third-order valence-corrected chi connectivity index (χ3v) is 5.74. The van der Waals surface area contributed by atoms with Crippen LogP contribution in [0, 0.1) is 7.14 Å². The Morgan fingerprint density at radius 2 is 2.12 bits per heavy atom. The van der Waals surface area contributed by atoms with Gasteiger partial charge in [-0.2, -0.15) is 0 Å². The quantitative estimate of drug-likeness (QED) is 0.392. The van der Waals surface area contributed by atoms with Crippen LogP contribution >= 0.6 is 56.9 Å². The Labute approximate surface area is 182 Å². The lowest BCUT2D eigenvalue weighted by Gasteiger charge is -2.08. The van der Waals surface area contributed by atoms with Gasteiger partial charge >= 0.3 is 0 Å². The average molecular weight is 592 g/mol. The van der Waals surface area contributed by atoms with Gasteiger partial charge in [-0.25, -0.2) is 4.99 Å². The van der Waals surface area contributed by atoms with Crippen molar-refractivity contribution in [2.24, 2.45) is 4.99 Å². The molecule has 0 unspecified atom stereocenters. The minimum absolute atomic E-state index is 0.110. The molecule has 26 heavy (non-hydrogen) atoms. The van der Waals surface area contributed by atoms with E-state index >= 15 is 0 Å². The molecule has 0 spiro atoms. The fourth-order valence-electron chi connectivity index (χ4n) is 2.24. The highest BCUT2D eigenvalue weighted by Gasteiger charge is 2.24. The van der Waals surface area contributed by atoms with Crippen molar-refractivity contribution in [3.05, 3.63) is 54.0 Å². The summed E-state index contributed by atoms with van der Waals surface area (Å²) in [5.41, 5.74) is 1.57. The van der Waals surface area contributed by atoms with Crippen LogP contribution in [0.4, 0.5) is 5.69 Å². The maximum atomic E-state index is 12.2. The first-order valence-electron chi connectivity index (χ1n) is 7.66. The van der Waals surface area contributed by atoms with E-state index in [4.69, 9.17) is 4.74 Å². The molecule has 0 aliphatic carbocycles. The molecule has 1 amide bonds. The van der Waals surface area contributed by atoms with Gasteiger partial charge in [0.2, 0.25) is 0 Å². The van der Waals surface area contributed by atoms with Crippen molar-refractivity contribution in [2.45, 2.75) is 6.92 Å². The molecule has 1 heterocycles. The van der Waals surface area contributed by atoms with Crippen molar-refractivity contribution in [1.29, 1.82) is 0 Å². The molecule has 5 nitrogen and oxygen atoms in total. The van der Waals surface area contributed by atoms with Crippen LogP contribution in [0.3, 0.4) is 0 Å². The Bertz CT molecular complexity index is 929. The van der Waals surface area contributed by atoms with Gasteiger partial charge in [-0.1, -0.05) is 6.07 Å². The van der Waals surface area contributed by atoms with Crippen molar-refractivity contribution in [3.63, 3.8) is 0 Å². The van der Waals surface area contributed by atoms with E-state index in [1.54, 1.807) is 18.2 Å². The van der Waals surface area contributed by atoms with E-state index in [1.807, 2.05) is 53.8 Å². The Kier molecular flexibility index (Phi) is 6.46. The first-order chi connectivity index (χ1) is 12.5. The van der Waals surface area contributed by atoms with Crippen LogP contribution in [0.15, 0.2) is 46.3 Å². The summed E-state index contributed by atoms with van der Waals surface area (Å²) in [6.07, 6.45) is 1.77. The average Bonchev–Trinajstić information content (AvgIpc) is 2.91. The number of amidine groups is 1. The van der Waals surface area contributed by atoms with Crippen LogP contribution in [0.25, 0.3) is 6.08 Å². The SMILES string of the molecule is CCOc1cc(/C=C2/SC(=Nc3cccc(I)c3)NC2=O)cc(I)c1O. The molecule has 0 saturated carbocycles. The number of rotatable bonds is 4. The van der Waals surface area contributed by atoms with Gasteiger partial charge in [0.1, 0.15) is 0 Å². The van der Waals surface area contributed by atoms with E-state index in [2.05, 4.69) is 32.9 Å². The lowest BCUT2D eigenvalue weighted by molar-refractivity contribution is -0.115. The molecule has 1 aliphatic rings. The molecular weight excluding hydrogens is 578 g/mol. The Morgan fingerprint density at radius 3 is 2.85 bits per heavy atom. The lowest BCUT2D eigenvalue weighted by atomic mass is 10.2. The number of phenols is 1. The number of halogens is 2. The van der Waals surface area contributed by atoms with Crippen LogP contribution in [0.5, 0.6) is 11.5 Å². The highest BCUT2D eigenvalue weighted by Crippen LogP contribution is 2.35. The molecule has 134 valence electrons. The van der Waals surface area contributed by atoms with Crippen molar-refractivity contribution >= 4 is 79.8 Å². The van der Waals surface area contributed by atoms with Gasteiger partial charge in [-0.05, 0) is 106 Å². The summed E-state index contributed by atoms with van der Waals surface area (Å²) < 4.78 is 7.19. The van der Waals surface area contributed by atoms with Crippen LogP contribution in [-0.4, -0.2) is 22.8 Å². The minimum Gasteiger partial charge on any atom is -0.504 e. The number of hydrogen-bond donors (Lipinski definition) is 2. The van der Waals surface area contributed by atoms with Crippen LogP contribution in [-0.2, 0) is 4.79 Å². The first kappa shape index (κ1) is 19.5. The second kappa shape index (κ2) is 8.61. The zero-order chi connectivity index (χ0) is 18.7. The standard InChI is InChI=1S/C18H14I2N2O3S/c1-2-25-14-7-10(6-13(20)16(14)23)8-15-17(24)22-18(26-15)21-12-5-3-4-11(19)9-12/h3-9,23H,2H2,1H3,(H,21,22,24)/b15-8+. The molecule has 2 aromatic carbocycles. The van der Waals surface area contributed by atoms with E-state index in [-0.39, 0.29) is 11.7 Å². The van der Waals surface area contributed by atoms with Gasteiger partial charge in [-0.15, -0.1) is 0 Å². The van der Waals surface area contributed by atoms with Gasteiger partial charge in [0, 0.05) is 3.57 Å². The minimum atomic E-state index is -0.194. The Hall–Kier alpha value is -1.27. The first-order valence-corrected chi connectivity index (χ1v) is 10.6. The van der Waals surface area contributed by atoms with Gasteiger partial charge in [0.15, 0.2) is 16.7 Å². The molecule has 8 heteroatoms. The number of nitrogens with zero attached hydrogens (tertiary/aromatic N) is 1. The number of aliphatic imine (C=N–C) groups is 1. The summed E-state index contributed by atoms with van der Waals surface area (Å²) in [7, 11) is 0. The van der Waals surface area contributed by atoms with E-state index in [1.165, 1.54) is 11.8 Å². The summed E-state index contributed by atoms with van der Waals surface area (Å²) in [6.45, 7) is 2.30. The van der Waals surface area contributed by atoms with E-state index in [9.17, 15) is 9.90 Å². The summed E-state index contributed by atoms with van der Waals surface area (Å²) in [6, 6.07) is 11.3. The smallest absolute Gasteiger partial charge is 0.264 e. The number of benzene rings is 2. The van der Waals surface area contributed by atoms with Crippen LogP contribution in [0.2, 0.25) is 0 Å². The third-order valence-electron chi connectivity index (χ3n) is 3.34. The Balaban J connectivity index is 1.87. The molecule has 0 bridgehead atoms. The highest BCUT2D eigenvalue weighted by atomic mass is 127. The van der Waals surface area contributed by atoms with Crippen LogP contribution in [0.1, 0.15) is 12.5 Å². The largest absolute Gasteiger partial charge is 0.504 e. The number of carbonyl (C=O) groups excluding carboxylic acids is 1. The summed E-state index contributed by atoms with van der Waals surface area (Å²) in [4.78, 5) is 17.3. The maximum absolute atomic E-state index is 12.2. The number of aromatic hydroxyl groups is 1. The second-order valence-electron chi connectivity index (χ2n) is 5.24. The summed E-state index contributed by atoms with van der Waals surface area (Å²) in [5.74, 6) is 0.321.